The zero-order valence-electron chi connectivity index (χ0n) is 10.7. The molecule has 1 amide bonds. The van der Waals surface area contributed by atoms with E-state index in [9.17, 15) is 4.79 Å². The van der Waals surface area contributed by atoms with Crippen LogP contribution in [-0.4, -0.2) is 17.9 Å². The number of amides is 1. The van der Waals surface area contributed by atoms with Crippen LogP contribution in [0.5, 0.6) is 0 Å². The van der Waals surface area contributed by atoms with Crippen molar-refractivity contribution >= 4 is 33.3 Å². The summed E-state index contributed by atoms with van der Waals surface area (Å²) >= 11 is 3.41. The summed E-state index contributed by atoms with van der Waals surface area (Å²) in [6, 6.07) is 9.30. The topological polar surface area (TPSA) is 54.0 Å². The summed E-state index contributed by atoms with van der Waals surface area (Å²) in [6.07, 6.45) is 1.55. The molecule has 0 spiro atoms. The number of benzene rings is 1. The minimum atomic E-state index is -0.179. The summed E-state index contributed by atoms with van der Waals surface area (Å²) in [5.41, 5.74) is 2.36. The molecular weight excluding hydrogens is 306 g/mol. The summed E-state index contributed by atoms with van der Waals surface area (Å²) < 4.78 is 0.853. The molecule has 1 aromatic carbocycles. The highest BCUT2D eigenvalue weighted by molar-refractivity contribution is 9.10. The van der Waals surface area contributed by atoms with Crippen LogP contribution in [0.15, 0.2) is 41.0 Å². The van der Waals surface area contributed by atoms with Gasteiger partial charge in [-0.05, 0) is 52.7 Å². The molecule has 98 valence electrons. The van der Waals surface area contributed by atoms with Gasteiger partial charge < -0.3 is 10.6 Å². The number of aryl methyl sites for hydroxylation is 1. The number of aromatic nitrogens is 1. The molecule has 2 rings (SSSR count). The van der Waals surface area contributed by atoms with Gasteiger partial charge in [-0.2, -0.15) is 0 Å². The normalized spacial score (nSPS) is 10.1. The van der Waals surface area contributed by atoms with Crippen LogP contribution in [0.3, 0.4) is 0 Å². The van der Waals surface area contributed by atoms with Crippen molar-refractivity contribution in [3.8, 4) is 0 Å². The highest BCUT2D eigenvalue weighted by Gasteiger charge is 2.08. The Morgan fingerprint density at radius 3 is 2.68 bits per heavy atom. The van der Waals surface area contributed by atoms with E-state index in [0.29, 0.717) is 5.56 Å². The van der Waals surface area contributed by atoms with Crippen LogP contribution in [0.25, 0.3) is 0 Å². The maximum Gasteiger partial charge on any atom is 0.257 e. The Kier molecular flexibility index (Phi) is 4.16. The van der Waals surface area contributed by atoms with Gasteiger partial charge in [-0.25, -0.2) is 4.98 Å². The zero-order valence-corrected chi connectivity index (χ0v) is 12.3. The fourth-order valence-corrected chi connectivity index (χ4v) is 1.95. The van der Waals surface area contributed by atoms with Gasteiger partial charge in [0.15, 0.2) is 0 Å². The van der Waals surface area contributed by atoms with Crippen molar-refractivity contribution < 1.29 is 4.79 Å². The van der Waals surface area contributed by atoms with Crippen LogP contribution >= 0.6 is 15.9 Å². The third-order valence-electron chi connectivity index (χ3n) is 2.65. The number of hydrogen-bond donors (Lipinski definition) is 2. The number of carbonyl (C=O) groups excluding carboxylic acids is 1. The van der Waals surface area contributed by atoms with Crippen molar-refractivity contribution in [1.82, 2.24) is 4.98 Å². The molecule has 0 aliphatic carbocycles. The second kappa shape index (κ2) is 5.84. The molecule has 0 bridgehead atoms. The predicted octanol–water partition coefficient (Wildman–Crippen LogP) is 3.45. The average molecular weight is 320 g/mol. The highest BCUT2D eigenvalue weighted by Crippen LogP contribution is 2.23. The number of carbonyl (C=O) groups is 1. The van der Waals surface area contributed by atoms with Crippen LogP contribution in [0.1, 0.15) is 15.9 Å². The number of nitrogens with zero attached hydrogens (tertiary/aromatic N) is 1. The molecule has 2 aromatic rings. The van der Waals surface area contributed by atoms with Gasteiger partial charge in [0.1, 0.15) is 5.82 Å². The van der Waals surface area contributed by atoms with E-state index in [0.717, 1.165) is 21.5 Å². The third-order valence-corrected chi connectivity index (χ3v) is 3.34. The fourth-order valence-electron chi connectivity index (χ4n) is 1.61. The lowest BCUT2D eigenvalue weighted by atomic mass is 10.2. The summed E-state index contributed by atoms with van der Waals surface area (Å²) in [6.45, 7) is 1.98. The Balaban J connectivity index is 2.18. The van der Waals surface area contributed by atoms with Crippen LogP contribution in [0.2, 0.25) is 0 Å². The summed E-state index contributed by atoms with van der Waals surface area (Å²) in [4.78, 5) is 16.2. The molecular formula is C14H14BrN3O. The van der Waals surface area contributed by atoms with Gasteiger partial charge >= 0.3 is 0 Å². The van der Waals surface area contributed by atoms with Gasteiger partial charge in [-0.15, -0.1) is 0 Å². The van der Waals surface area contributed by atoms with E-state index in [1.165, 1.54) is 0 Å². The summed E-state index contributed by atoms with van der Waals surface area (Å²) in [5.74, 6) is 0.551. The van der Waals surface area contributed by atoms with Crippen LogP contribution in [0, 0.1) is 6.92 Å². The van der Waals surface area contributed by atoms with E-state index < -0.39 is 0 Å². The van der Waals surface area contributed by atoms with E-state index in [1.807, 2.05) is 25.1 Å². The minimum absolute atomic E-state index is 0.179. The number of nitrogens with one attached hydrogen (secondary N) is 2. The first-order chi connectivity index (χ1) is 9.10. The molecule has 0 radical (unpaired) electrons. The van der Waals surface area contributed by atoms with Crippen LogP contribution < -0.4 is 10.6 Å². The fraction of sp³-hybridized carbons (Fsp3) is 0.143. The molecule has 0 aliphatic heterocycles. The first kappa shape index (κ1) is 13.5. The lowest BCUT2D eigenvalue weighted by Crippen LogP contribution is -2.12. The molecule has 2 N–H and O–H groups in total. The molecule has 19 heavy (non-hydrogen) atoms. The molecule has 0 saturated heterocycles. The van der Waals surface area contributed by atoms with Gasteiger partial charge in [0.25, 0.3) is 5.91 Å². The lowest BCUT2D eigenvalue weighted by Gasteiger charge is -2.08. The molecule has 0 aliphatic rings. The molecule has 1 heterocycles. The maximum atomic E-state index is 12.1. The molecule has 0 unspecified atom stereocenters. The molecule has 5 heteroatoms. The minimum Gasteiger partial charge on any atom is -0.373 e. The van der Waals surface area contributed by atoms with E-state index in [1.54, 1.807) is 25.4 Å². The zero-order chi connectivity index (χ0) is 13.8. The Bertz CT molecular complexity index is 596. The molecule has 0 atom stereocenters. The SMILES string of the molecule is CNc1ccc(C(=O)Nc2cc(C)ccc2Br)cn1. The number of halogens is 1. The van der Waals surface area contributed by atoms with Crippen LogP contribution in [-0.2, 0) is 0 Å². The van der Waals surface area contributed by atoms with Gasteiger partial charge in [-0.3, -0.25) is 4.79 Å². The quantitative estimate of drug-likeness (QED) is 0.911. The van der Waals surface area contributed by atoms with Gasteiger partial charge in [0.2, 0.25) is 0 Å². The number of rotatable bonds is 3. The third kappa shape index (κ3) is 3.32. The lowest BCUT2D eigenvalue weighted by molar-refractivity contribution is 0.102. The van der Waals surface area contributed by atoms with Crippen LogP contribution in [0.4, 0.5) is 11.5 Å². The van der Waals surface area contributed by atoms with Crippen molar-refractivity contribution in [2.75, 3.05) is 17.7 Å². The highest BCUT2D eigenvalue weighted by atomic mass is 79.9. The Labute approximate surface area is 120 Å². The number of pyridine rings is 1. The molecule has 1 aromatic heterocycles. The summed E-state index contributed by atoms with van der Waals surface area (Å²) in [7, 11) is 1.78. The van der Waals surface area contributed by atoms with Gasteiger partial charge in [-0.1, -0.05) is 6.07 Å². The number of anilines is 2. The van der Waals surface area contributed by atoms with Crippen molar-refractivity contribution in [1.29, 1.82) is 0 Å². The van der Waals surface area contributed by atoms with E-state index >= 15 is 0 Å². The first-order valence-electron chi connectivity index (χ1n) is 5.81. The summed E-state index contributed by atoms with van der Waals surface area (Å²) in [5, 5.41) is 5.77. The van der Waals surface area contributed by atoms with Gasteiger partial charge in [0, 0.05) is 17.7 Å². The largest absolute Gasteiger partial charge is 0.373 e. The predicted molar refractivity (Wildman–Crippen MR) is 80.6 cm³/mol. The van der Waals surface area contributed by atoms with Crippen molar-refractivity contribution in [2.24, 2.45) is 0 Å². The molecule has 0 saturated carbocycles. The Hall–Kier alpha value is -1.88. The average Bonchev–Trinajstić information content (AvgIpc) is 2.43. The second-order valence-corrected chi connectivity index (χ2v) is 4.97. The van der Waals surface area contributed by atoms with Crippen molar-refractivity contribution in [2.45, 2.75) is 6.92 Å². The first-order valence-corrected chi connectivity index (χ1v) is 6.61. The van der Waals surface area contributed by atoms with E-state index in [4.69, 9.17) is 0 Å². The smallest absolute Gasteiger partial charge is 0.257 e. The Morgan fingerprint density at radius 2 is 2.05 bits per heavy atom. The second-order valence-electron chi connectivity index (χ2n) is 4.12. The molecule has 0 fully saturated rings. The Morgan fingerprint density at radius 1 is 1.26 bits per heavy atom. The van der Waals surface area contributed by atoms with Gasteiger partial charge in [0.05, 0.1) is 11.3 Å². The standard InChI is InChI=1S/C14H14BrN3O/c1-9-3-5-11(15)12(7-9)18-14(19)10-4-6-13(16-2)17-8-10/h3-8H,1-2H3,(H,16,17)(H,18,19). The van der Waals surface area contributed by atoms with Crippen molar-refractivity contribution in [3.63, 3.8) is 0 Å². The van der Waals surface area contributed by atoms with Crippen molar-refractivity contribution in [3.05, 3.63) is 52.1 Å². The van der Waals surface area contributed by atoms with E-state index in [2.05, 4.69) is 31.5 Å². The molecule has 4 nitrogen and oxygen atoms in total. The number of hydrogen-bond acceptors (Lipinski definition) is 3. The van der Waals surface area contributed by atoms with E-state index in [-0.39, 0.29) is 5.91 Å². The maximum absolute atomic E-state index is 12.1. The monoisotopic (exact) mass is 319 g/mol.